The summed E-state index contributed by atoms with van der Waals surface area (Å²) >= 11 is 0. The monoisotopic (exact) mass is 897 g/mol. The van der Waals surface area contributed by atoms with Crippen LogP contribution in [0.4, 0.5) is 0 Å². The predicted molar refractivity (Wildman–Crippen MR) is 231 cm³/mol. The van der Waals surface area contributed by atoms with Gasteiger partial charge in [-0.3, -0.25) is 37.8 Å². The second-order valence-corrected chi connectivity index (χ2v) is 17.1. The molecular formula is C45H48N5O13P. The molecule has 336 valence electrons. The first-order valence-corrected chi connectivity index (χ1v) is 22.0. The molecule has 4 heterocycles. The number of hydrogen-bond acceptors (Lipinski definition) is 14. The molecule has 64 heavy (non-hydrogen) atoms. The van der Waals surface area contributed by atoms with Gasteiger partial charge in [-0.2, -0.15) is 5.26 Å². The minimum atomic E-state index is -4.38. The molecule has 2 fully saturated rings. The van der Waals surface area contributed by atoms with E-state index in [1.54, 1.807) is 14.2 Å². The highest BCUT2D eigenvalue weighted by atomic mass is 31.2. The predicted octanol–water partition coefficient (Wildman–Crippen LogP) is 4.69. The van der Waals surface area contributed by atoms with Crippen LogP contribution in [0.2, 0.25) is 0 Å². The fourth-order valence-electron chi connectivity index (χ4n) is 7.74. The molecule has 18 nitrogen and oxygen atoms in total. The van der Waals surface area contributed by atoms with Gasteiger partial charge in [-0.15, -0.1) is 0 Å². The summed E-state index contributed by atoms with van der Waals surface area (Å²) in [5.74, 6) is 2.35. The summed E-state index contributed by atoms with van der Waals surface area (Å²) in [6, 6.07) is 26.2. The Hall–Kier alpha value is -6.16. The van der Waals surface area contributed by atoms with Crippen molar-refractivity contribution < 1.29 is 42.4 Å². The molecule has 3 N–H and O–H groups in total. The number of aliphatic hydroxyl groups is 1. The molecule has 1 unspecified atom stereocenters. The van der Waals surface area contributed by atoms with Crippen LogP contribution in [-0.4, -0.2) is 76.1 Å². The first-order chi connectivity index (χ1) is 30.8. The Labute approximate surface area is 366 Å². The van der Waals surface area contributed by atoms with Gasteiger partial charge in [-0.1, -0.05) is 54.6 Å². The highest BCUT2D eigenvalue weighted by Crippen LogP contribution is 2.54. The Morgan fingerprint density at radius 1 is 0.812 bits per heavy atom. The summed E-state index contributed by atoms with van der Waals surface area (Å²) < 4.78 is 60.0. The molecule has 0 saturated carbocycles. The van der Waals surface area contributed by atoms with E-state index in [-0.39, 0.29) is 43.6 Å². The molecule has 0 radical (unpaired) electrons. The number of nitriles is 1. The largest absolute Gasteiger partial charge is 0.497 e. The summed E-state index contributed by atoms with van der Waals surface area (Å²) in [6.07, 6.45) is -2.76. The number of aromatic amines is 2. The third kappa shape index (κ3) is 9.81. The smallest absolute Gasteiger partial charge is 0.354 e. The third-order valence-electron chi connectivity index (χ3n) is 11.1. The summed E-state index contributed by atoms with van der Waals surface area (Å²) in [6.45, 7) is 2.53. The fraction of sp³-hybridized carbons (Fsp3) is 0.356. The molecule has 2 aliphatic rings. The summed E-state index contributed by atoms with van der Waals surface area (Å²) in [5, 5.41) is 20.4. The van der Waals surface area contributed by atoms with Crippen LogP contribution >= 0.6 is 7.60 Å². The number of H-pyrrole nitrogens is 2. The Balaban J connectivity index is 1.26. The number of nitrogens with one attached hydrogen (secondary N) is 2. The summed E-state index contributed by atoms with van der Waals surface area (Å²) in [7, 11) is -1.25. The highest BCUT2D eigenvalue weighted by Gasteiger charge is 2.46. The normalized spacial score (nSPS) is 22.0. The van der Waals surface area contributed by atoms with Crippen molar-refractivity contribution in [3.8, 4) is 17.6 Å². The first-order valence-electron chi connectivity index (χ1n) is 20.4. The molecule has 2 saturated heterocycles. The lowest BCUT2D eigenvalue weighted by atomic mass is 9.80. The SMILES string of the molecule is COc1ccc(C(OC[C@H]2O[C@@H](n3cc(C)c(=O)[nH]c3=O)C[C@@H]2OP(=O)(/C=C/[C@H]2O[C@@H](n3cc(C)c(=O)[nH]c3=O)C[C@@H]2O)OCCC#N)(c2ccccc2)c2ccc(OC)cc2)cc1. The van der Waals surface area contributed by atoms with Crippen LogP contribution in [0.3, 0.4) is 0 Å². The van der Waals surface area contributed by atoms with E-state index in [4.69, 9.17) is 32.7 Å². The van der Waals surface area contributed by atoms with Crippen LogP contribution in [0, 0.1) is 25.2 Å². The van der Waals surface area contributed by atoms with Crippen molar-refractivity contribution in [3.05, 3.63) is 173 Å². The molecule has 0 amide bonds. The molecule has 7 atom stereocenters. The topological polar surface area (TPSA) is 235 Å². The summed E-state index contributed by atoms with van der Waals surface area (Å²) in [5.41, 5.74) is -1.26. The van der Waals surface area contributed by atoms with Crippen molar-refractivity contribution in [2.45, 2.75) is 75.6 Å². The Morgan fingerprint density at radius 2 is 1.34 bits per heavy atom. The number of rotatable bonds is 17. The number of aliphatic hydroxyl groups excluding tert-OH is 1. The molecular weight excluding hydrogens is 849 g/mol. The molecule has 19 heteroatoms. The minimum absolute atomic E-state index is 0.0444. The van der Waals surface area contributed by atoms with Gasteiger partial charge in [0, 0.05) is 42.2 Å². The average molecular weight is 898 g/mol. The number of aryl methyl sites for hydroxylation is 2. The van der Waals surface area contributed by atoms with E-state index in [1.165, 1.54) is 36.9 Å². The number of aromatic nitrogens is 4. The van der Waals surface area contributed by atoms with Gasteiger partial charge < -0.3 is 33.3 Å². The van der Waals surface area contributed by atoms with E-state index in [1.807, 2.05) is 84.9 Å². The lowest BCUT2D eigenvalue weighted by molar-refractivity contribution is -0.0924. The van der Waals surface area contributed by atoms with E-state index in [0.29, 0.717) is 22.6 Å². The molecule has 0 aliphatic carbocycles. The number of hydrogen-bond donors (Lipinski definition) is 3. The Morgan fingerprint density at radius 3 is 1.88 bits per heavy atom. The molecule has 2 aromatic heterocycles. The van der Waals surface area contributed by atoms with Gasteiger partial charge in [-0.05, 0) is 60.9 Å². The van der Waals surface area contributed by atoms with Crippen LogP contribution in [0.15, 0.2) is 122 Å². The highest BCUT2D eigenvalue weighted by molar-refractivity contribution is 7.57. The van der Waals surface area contributed by atoms with E-state index < -0.39 is 72.6 Å². The maximum absolute atomic E-state index is 14.8. The number of methoxy groups -OCH3 is 2. The van der Waals surface area contributed by atoms with Gasteiger partial charge in [0.1, 0.15) is 47.9 Å². The van der Waals surface area contributed by atoms with Crippen molar-refractivity contribution in [1.29, 1.82) is 5.26 Å². The molecule has 0 bridgehead atoms. The minimum Gasteiger partial charge on any atom is -0.497 e. The zero-order valence-electron chi connectivity index (χ0n) is 35.4. The first kappa shape index (κ1) is 45.9. The molecule has 0 spiro atoms. The van der Waals surface area contributed by atoms with Gasteiger partial charge in [0.05, 0.1) is 46.0 Å². The van der Waals surface area contributed by atoms with E-state index >= 15 is 0 Å². The van der Waals surface area contributed by atoms with Gasteiger partial charge in [-0.25, -0.2) is 9.59 Å². The number of nitrogens with zero attached hydrogens (tertiary/aromatic N) is 3. The third-order valence-corrected chi connectivity index (χ3v) is 12.7. The zero-order valence-corrected chi connectivity index (χ0v) is 36.3. The second-order valence-electron chi connectivity index (χ2n) is 15.3. The van der Waals surface area contributed by atoms with Crippen molar-refractivity contribution >= 4 is 7.60 Å². The Kier molecular flexibility index (Phi) is 14.1. The van der Waals surface area contributed by atoms with Crippen molar-refractivity contribution in [3.63, 3.8) is 0 Å². The van der Waals surface area contributed by atoms with Crippen molar-refractivity contribution in [2.24, 2.45) is 0 Å². The van der Waals surface area contributed by atoms with E-state index in [9.17, 15) is 34.1 Å². The van der Waals surface area contributed by atoms with Crippen molar-refractivity contribution in [2.75, 3.05) is 27.4 Å². The van der Waals surface area contributed by atoms with Crippen molar-refractivity contribution in [1.82, 2.24) is 19.1 Å². The molecule has 2 aliphatic heterocycles. The average Bonchev–Trinajstić information content (AvgIpc) is 3.88. The van der Waals surface area contributed by atoms with Crippen LogP contribution < -0.4 is 32.0 Å². The summed E-state index contributed by atoms with van der Waals surface area (Å²) in [4.78, 5) is 54.7. The maximum Gasteiger partial charge on any atom is 0.354 e. The molecule has 3 aromatic carbocycles. The van der Waals surface area contributed by atoms with Crippen LogP contribution in [-0.2, 0) is 33.4 Å². The van der Waals surface area contributed by atoms with E-state index in [0.717, 1.165) is 15.9 Å². The second kappa shape index (κ2) is 19.7. The maximum atomic E-state index is 14.8. The van der Waals surface area contributed by atoms with Crippen LogP contribution in [0.25, 0.3) is 0 Å². The molecule has 5 aromatic rings. The van der Waals surface area contributed by atoms with Gasteiger partial charge >= 0.3 is 19.0 Å². The number of benzene rings is 3. The quantitative estimate of drug-likeness (QED) is 0.0653. The fourth-order valence-corrected chi connectivity index (χ4v) is 9.28. The zero-order chi connectivity index (χ0) is 45.6. The van der Waals surface area contributed by atoms with Crippen LogP contribution in [0.1, 0.15) is 59.5 Å². The standard InChI is InChI=1S/C45H48N5O13P/c1-28-25-49(43(54)47-41(28)52)39-23-35(51)36(61-39)19-22-64(56,60-21-8-20-46)63-37-24-40(50-26-29(2)42(53)48-44(50)55)62-38(37)27-59-45(30-9-6-5-7-10-30,31-11-15-33(57-3)16-12-31)32-13-17-34(58-4)18-14-32/h5-7,9-19,22,25-26,35-40,51H,8,21,23-24,27H2,1-4H3,(H,47,52,54)(H,48,53,55)/b22-19+/t35-,36+,37-,38+,39+,40+,64?/m0/s1. The van der Waals surface area contributed by atoms with Gasteiger partial charge in [0.2, 0.25) is 0 Å². The number of ether oxygens (including phenoxy) is 5. The Bertz CT molecular complexity index is 2730. The van der Waals surface area contributed by atoms with Crippen LogP contribution in [0.5, 0.6) is 11.5 Å². The van der Waals surface area contributed by atoms with Gasteiger partial charge in [0.15, 0.2) is 0 Å². The lowest BCUT2D eigenvalue weighted by Crippen LogP contribution is -2.38. The lowest BCUT2D eigenvalue weighted by Gasteiger charge is -2.37. The van der Waals surface area contributed by atoms with Gasteiger partial charge in [0.25, 0.3) is 11.1 Å². The van der Waals surface area contributed by atoms with E-state index in [2.05, 4.69) is 9.97 Å². The molecule has 7 rings (SSSR count).